The van der Waals surface area contributed by atoms with E-state index in [4.69, 9.17) is 9.52 Å². The monoisotopic (exact) mass is 286 g/mol. The van der Waals surface area contributed by atoms with Crippen molar-refractivity contribution in [1.82, 2.24) is 0 Å². The van der Waals surface area contributed by atoms with Gasteiger partial charge in [0, 0.05) is 12.0 Å². The van der Waals surface area contributed by atoms with Gasteiger partial charge in [-0.1, -0.05) is 0 Å². The highest BCUT2D eigenvalue weighted by atomic mass is 19.3. The van der Waals surface area contributed by atoms with Gasteiger partial charge >= 0.3 is 5.97 Å². The number of fused-ring (bicyclic) bond motifs is 1. The molecule has 0 saturated carbocycles. The van der Waals surface area contributed by atoms with Gasteiger partial charge in [-0.15, -0.1) is 0 Å². The molecule has 0 saturated heterocycles. The maximum absolute atomic E-state index is 13.2. The first-order chi connectivity index (χ1) is 9.51. The zero-order chi connectivity index (χ0) is 14.9. The molecule has 2 rings (SSSR count). The minimum atomic E-state index is -3.05. The number of ether oxygens (including phenoxy) is 1. The van der Waals surface area contributed by atoms with Crippen LogP contribution in [-0.2, 0) is 11.2 Å². The number of hydrogen-bond acceptors (Lipinski definition) is 5. The molecule has 1 aromatic rings. The summed E-state index contributed by atoms with van der Waals surface area (Å²) in [6, 6.07) is 0. The van der Waals surface area contributed by atoms with Gasteiger partial charge in [0.05, 0.1) is 24.0 Å². The van der Waals surface area contributed by atoms with Crippen LogP contribution in [0, 0.1) is 0 Å². The molecule has 1 N–H and O–H groups in total. The zero-order valence-electron chi connectivity index (χ0n) is 10.6. The van der Waals surface area contributed by atoms with E-state index in [1.54, 1.807) is 0 Å². The number of ketones is 1. The minimum Gasteiger partial charge on any atom is -0.515 e. The van der Waals surface area contributed by atoms with Gasteiger partial charge in [-0.2, -0.15) is 0 Å². The van der Waals surface area contributed by atoms with Gasteiger partial charge in [0.15, 0.2) is 5.78 Å². The average molecular weight is 286 g/mol. The van der Waals surface area contributed by atoms with Crippen LogP contribution in [0.15, 0.2) is 16.3 Å². The summed E-state index contributed by atoms with van der Waals surface area (Å²) in [6.07, 6.45) is -2.13. The van der Waals surface area contributed by atoms with Crippen molar-refractivity contribution in [2.24, 2.45) is 0 Å². The lowest BCUT2D eigenvalue weighted by molar-refractivity contribution is 0.0474. The molecule has 0 fully saturated rings. The van der Waals surface area contributed by atoms with E-state index in [0.29, 0.717) is 6.26 Å². The lowest BCUT2D eigenvalue weighted by Gasteiger charge is -2.12. The number of halogens is 2. The second-order valence-corrected chi connectivity index (χ2v) is 4.15. The number of aliphatic hydroxyl groups is 1. The normalized spacial score (nSPS) is 16.6. The third-order valence-electron chi connectivity index (χ3n) is 2.99. The molecule has 0 aromatic carbocycles. The third-order valence-corrected chi connectivity index (χ3v) is 2.99. The predicted octanol–water partition coefficient (Wildman–Crippen LogP) is 2.96. The molecule has 0 radical (unpaired) electrons. The van der Waals surface area contributed by atoms with E-state index in [-0.39, 0.29) is 36.3 Å². The second-order valence-electron chi connectivity index (χ2n) is 4.15. The van der Waals surface area contributed by atoms with Crippen molar-refractivity contribution in [3.05, 3.63) is 34.5 Å². The highest BCUT2D eigenvalue weighted by molar-refractivity contribution is 6.12. The molecule has 5 nitrogen and oxygen atoms in total. The number of Topliss-reactive ketones (excluding diaryl/α,β-unsaturated/α-hetero) is 1. The smallest absolute Gasteiger partial charge is 0.374 e. The predicted molar refractivity (Wildman–Crippen MR) is 63.0 cm³/mol. The second kappa shape index (κ2) is 5.44. The van der Waals surface area contributed by atoms with Crippen molar-refractivity contribution in [2.45, 2.75) is 26.2 Å². The van der Waals surface area contributed by atoms with E-state index in [0.717, 1.165) is 0 Å². The molecule has 1 aliphatic rings. The number of aliphatic hydroxyl groups excluding tert-OH is 1. The molecular weight excluding hydrogens is 274 g/mol. The summed E-state index contributed by atoms with van der Waals surface area (Å²) in [5, 5.41) is 8.92. The third kappa shape index (κ3) is 2.19. The quantitative estimate of drug-likeness (QED) is 0.525. The molecule has 0 bridgehead atoms. The number of aryl methyl sites for hydroxylation is 1. The lowest BCUT2D eigenvalue weighted by atomic mass is 9.90. The van der Waals surface area contributed by atoms with E-state index in [1.807, 2.05) is 0 Å². The van der Waals surface area contributed by atoms with Crippen molar-refractivity contribution in [3.8, 4) is 0 Å². The Hall–Kier alpha value is -2.18. The van der Waals surface area contributed by atoms with Crippen LogP contribution in [0.4, 0.5) is 8.78 Å². The topological polar surface area (TPSA) is 76.7 Å². The maximum atomic E-state index is 13.2. The molecule has 20 heavy (non-hydrogen) atoms. The zero-order valence-corrected chi connectivity index (χ0v) is 10.6. The molecule has 1 heterocycles. The Bertz CT molecular complexity index is 586. The first-order valence-electron chi connectivity index (χ1n) is 6.00. The van der Waals surface area contributed by atoms with Gasteiger partial charge in [0.2, 0.25) is 5.76 Å². The fraction of sp³-hybridized carbons (Fsp3) is 0.385. The molecule has 0 spiro atoms. The van der Waals surface area contributed by atoms with Gasteiger partial charge in [0.1, 0.15) is 5.76 Å². The van der Waals surface area contributed by atoms with Crippen LogP contribution in [0.5, 0.6) is 0 Å². The molecule has 108 valence electrons. The van der Waals surface area contributed by atoms with Crippen LogP contribution < -0.4 is 0 Å². The largest absolute Gasteiger partial charge is 0.515 e. The van der Waals surface area contributed by atoms with Crippen LogP contribution >= 0.6 is 0 Å². The van der Waals surface area contributed by atoms with Gasteiger partial charge in [-0.05, 0) is 13.3 Å². The van der Waals surface area contributed by atoms with Gasteiger partial charge in [-0.3, -0.25) is 4.79 Å². The standard InChI is InChI=1S/C13H12F2O5/c1-2-19-13(18)11-9(12(14)15)8-7(20-11)4-3-6(5-16)10(8)17/h5,12,16H,2-4H2,1H3/b6-5-. The summed E-state index contributed by atoms with van der Waals surface area (Å²) >= 11 is 0. The van der Waals surface area contributed by atoms with Crippen molar-refractivity contribution in [1.29, 1.82) is 0 Å². The number of furan rings is 1. The Kier molecular flexibility index (Phi) is 3.87. The number of hydrogen-bond donors (Lipinski definition) is 1. The van der Waals surface area contributed by atoms with E-state index < -0.39 is 29.5 Å². The van der Waals surface area contributed by atoms with E-state index in [2.05, 4.69) is 4.74 Å². The first kappa shape index (κ1) is 14.2. The van der Waals surface area contributed by atoms with E-state index >= 15 is 0 Å². The Morgan fingerprint density at radius 2 is 2.20 bits per heavy atom. The van der Waals surface area contributed by atoms with Crippen molar-refractivity contribution >= 4 is 11.8 Å². The maximum Gasteiger partial charge on any atom is 0.374 e. The minimum absolute atomic E-state index is 0.00260. The lowest BCUT2D eigenvalue weighted by Crippen LogP contribution is -2.15. The number of carbonyl (C=O) groups excluding carboxylic acids is 2. The molecule has 7 heteroatoms. The van der Waals surface area contributed by atoms with Crippen LogP contribution in [0.2, 0.25) is 0 Å². The molecule has 0 atom stereocenters. The SMILES string of the molecule is CCOC(=O)c1oc2c(c1C(F)F)C(=O)/C(=C\O)CC2. The Morgan fingerprint density at radius 1 is 1.50 bits per heavy atom. The summed E-state index contributed by atoms with van der Waals surface area (Å²) in [4.78, 5) is 23.6. The number of esters is 1. The number of allylic oxidation sites excluding steroid dienone is 1. The fourth-order valence-corrected chi connectivity index (χ4v) is 2.12. The Morgan fingerprint density at radius 3 is 2.75 bits per heavy atom. The highest BCUT2D eigenvalue weighted by Gasteiger charge is 2.37. The van der Waals surface area contributed by atoms with Gasteiger partial charge < -0.3 is 14.3 Å². The van der Waals surface area contributed by atoms with Crippen LogP contribution in [0.25, 0.3) is 0 Å². The Balaban J connectivity index is 2.59. The summed E-state index contributed by atoms with van der Waals surface area (Å²) < 4.78 is 36.0. The summed E-state index contributed by atoms with van der Waals surface area (Å²) in [5.74, 6) is -2.39. The van der Waals surface area contributed by atoms with Crippen molar-refractivity contribution in [2.75, 3.05) is 6.61 Å². The molecule has 0 aliphatic heterocycles. The first-order valence-corrected chi connectivity index (χ1v) is 6.00. The molecule has 0 amide bonds. The molecule has 1 aliphatic carbocycles. The van der Waals surface area contributed by atoms with Gasteiger partial charge in [-0.25, -0.2) is 13.6 Å². The highest BCUT2D eigenvalue weighted by Crippen LogP contribution is 2.37. The fourth-order valence-electron chi connectivity index (χ4n) is 2.12. The van der Waals surface area contributed by atoms with Crippen LogP contribution in [-0.4, -0.2) is 23.5 Å². The molecule has 1 aromatic heterocycles. The molecular formula is C13H12F2O5. The van der Waals surface area contributed by atoms with E-state index in [9.17, 15) is 18.4 Å². The van der Waals surface area contributed by atoms with Crippen molar-refractivity contribution in [3.63, 3.8) is 0 Å². The van der Waals surface area contributed by atoms with Crippen LogP contribution in [0.3, 0.4) is 0 Å². The Labute approximate surface area is 112 Å². The average Bonchev–Trinajstić information content (AvgIpc) is 2.80. The summed E-state index contributed by atoms with van der Waals surface area (Å²) in [5.41, 5.74) is -1.09. The van der Waals surface area contributed by atoms with Gasteiger partial charge in [0.25, 0.3) is 6.43 Å². The van der Waals surface area contributed by atoms with E-state index in [1.165, 1.54) is 6.92 Å². The summed E-state index contributed by atoms with van der Waals surface area (Å²) in [7, 11) is 0. The van der Waals surface area contributed by atoms with Crippen molar-refractivity contribution < 1.29 is 32.6 Å². The number of carbonyl (C=O) groups is 2. The number of alkyl halides is 2. The van der Waals surface area contributed by atoms with Crippen LogP contribution in [0.1, 0.15) is 52.0 Å². The summed E-state index contributed by atoms with van der Waals surface area (Å²) in [6.45, 7) is 1.53. The molecule has 0 unspecified atom stereocenters. The number of rotatable bonds is 3.